The Bertz CT molecular complexity index is 323. The molecule has 0 saturated carbocycles. The zero-order valence-corrected chi connectivity index (χ0v) is 11.3. The SMILES string of the molecule is COC(C)C(S)C(=O)[N+]1(C(=O)O)CCC[C@H]1C. The van der Waals surface area contributed by atoms with Crippen molar-refractivity contribution in [1.29, 1.82) is 0 Å². The van der Waals surface area contributed by atoms with Gasteiger partial charge in [0.05, 0.1) is 12.6 Å². The highest BCUT2D eigenvalue weighted by Gasteiger charge is 2.55. The van der Waals surface area contributed by atoms with E-state index in [0.29, 0.717) is 6.54 Å². The molecule has 1 rings (SSSR count). The van der Waals surface area contributed by atoms with Gasteiger partial charge in [0.15, 0.2) is 0 Å². The molecule has 17 heavy (non-hydrogen) atoms. The van der Waals surface area contributed by atoms with Crippen LogP contribution in [0, 0.1) is 0 Å². The molecule has 4 atom stereocenters. The minimum Gasteiger partial charge on any atom is -0.435 e. The van der Waals surface area contributed by atoms with Crippen LogP contribution in [-0.2, 0) is 9.53 Å². The minimum atomic E-state index is -1.08. The first-order chi connectivity index (χ1) is 7.87. The van der Waals surface area contributed by atoms with Crippen LogP contribution in [0.15, 0.2) is 0 Å². The molecule has 2 amide bonds. The van der Waals surface area contributed by atoms with Crippen molar-refractivity contribution in [3.8, 4) is 0 Å². The molecule has 1 aliphatic rings. The molecule has 0 spiro atoms. The van der Waals surface area contributed by atoms with Crippen molar-refractivity contribution in [3.05, 3.63) is 0 Å². The number of thiol groups is 1. The van der Waals surface area contributed by atoms with E-state index in [1.165, 1.54) is 7.11 Å². The minimum absolute atomic E-state index is 0.196. The number of methoxy groups -OCH3 is 1. The van der Waals surface area contributed by atoms with Gasteiger partial charge in [0.1, 0.15) is 11.3 Å². The van der Waals surface area contributed by atoms with Crippen molar-refractivity contribution in [2.75, 3.05) is 13.7 Å². The Morgan fingerprint density at radius 3 is 2.47 bits per heavy atom. The summed E-state index contributed by atoms with van der Waals surface area (Å²) in [5, 5.41) is 8.67. The molecule has 6 heteroatoms. The predicted molar refractivity (Wildman–Crippen MR) is 66.1 cm³/mol. The van der Waals surface area contributed by atoms with Crippen LogP contribution in [0.2, 0.25) is 0 Å². The Hall–Kier alpha value is -0.590. The molecule has 0 aromatic carbocycles. The lowest BCUT2D eigenvalue weighted by molar-refractivity contribution is -0.792. The Morgan fingerprint density at radius 1 is 1.53 bits per heavy atom. The van der Waals surface area contributed by atoms with E-state index in [1.54, 1.807) is 13.8 Å². The Morgan fingerprint density at radius 2 is 2.12 bits per heavy atom. The average molecular weight is 262 g/mol. The van der Waals surface area contributed by atoms with Gasteiger partial charge in [0, 0.05) is 20.0 Å². The van der Waals surface area contributed by atoms with E-state index >= 15 is 0 Å². The molecule has 0 aromatic heterocycles. The third-order valence-corrected chi connectivity index (χ3v) is 4.33. The van der Waals surface area contributed by atoms with Gasteiger partial charge in [-0.25, -0.2) is 4.79 Å². The standard InChI is InChI=1S/C11H19NO4S/c1-7-5-4-6-12(7,11(14)15)10(13)9(17)8(2)16-3/h7-9H,4-6H2,1-3H3,(H-,14,15,17)/p+1/t7-,8?,9?,12?/m1/s1. The summed E-state index contributed by atoms with van der Waals surface area (Å²) in [7, 11) is 1.49. The fourth-order valence-electron chi connectivity index (χ4n) is 2.35. The summed E-state index contributed by atoms with van der Waals surface area (Å²) < 4.78 is 4.54. The van der Waals surface area contributed by atoms with Crippen LogP contribution in [0.4, 0.5) is 4.79 Å². The Balaban J connectivity index is 3.01. The van der Waals surface area contributed by atoms with E-state index in [0.717, 1.165) is 12.8 Å². The number of ether oxygens (including phenoxy) is 1. The second-order valence-electron chi connectivity index (χ2n) is 4.59. The number of quaternary nitrogens is 1. The topological polar surface area (TPSA) is 63.6 Å². The highest BCUT2D eigenvalue weighted by molar-refractivity contribution is 7.81. The molecule has 0 radical (unpaired) electrons. The summed E-state index contributed by atoms with van der Waals surface area (Å²) >= 11 is 4.21. The summed E-state index contributed by atoms with van der Waals surface area (Å²) in [5.74, 6) is -0.375. The lowest BCUT2D eigenvalue weighted by Gasteiger charge is -2.32. The molecule has 0 bridgehead atoms. The molecule has 0 aliphatic carbocycles. The summed E-state index contributed by atoms with van der Waals surface area (Å²) in [6.45, 7) is 3.87. The fraction of sp³-hybridized carbons (Fsp3) is 0.818. The van der Waals surface area contributed by atoms with Crippen LogP contribution in [0.5, 0.6) is 0 Å². The number of rotatable bonds is 3. The van der Waals surface area contributed by atoms with Gasteiger partial charge >= 0.3 is 12.0 Å². The van der Waals surface area contributed by atoms with Gasteiger partial charge in [-0.05, 0) is 13.8 Å². The molecule has 1 aliphatic heterocycles. The van der Waals surface area contributed by atoms with Crippen molar-refractivity contribution >= 4 is 24.6 Å². The molecular formula is C11H20NO4S+. The normalized spacial score (nSPS) is 32.1. The molecule has 1 saturated heterocycles. The van der Waals surface area contributed by atoms with E-state index in [-0.39, 0.29) is 11.9 Å². The summed E-state index contributed by atoms with van der Waals surface area (Å²) in [5.41, 5.74) is 0. The second kappa shape index (κ2) is 5.37. The van der Waals surface area contributed by atoms with Gasteiger partial charge in [-0.15, -0.1) is 0 Å². The van der Waals surface area contributed by atoms with Gasteiger partial charge in [0.25, 0.3) is 0 Å². The quantitative estimate of drug-likeness (QED) is 0.598. The monoisotopic (exact) mass is 262 g/mol. The lowest BCUT2D eigenvalue weighted by atomic mass is 10.1. The highest BCUT2D eigenvalue weighted by atomic mass is 32.1. The summed E-state index contributed by atoms with van der Waals surface area (Å²) in [6.07, 6.45) is 0.0244. The highest BCUT2D eigenvalue weighted by Crippen LogP contribution is 2.30. The molecule has 5 nitrogen and oxygen atoms in total. The van der Waals surface area contributed by atoms with Crippen LogP contribution in [0.25, 0.3) is 0 Å². The summed E-state index contributed by atoms with van der Waals surface area (Å²) in [4.78, 5) is 23.8. The van der Waals surface area contributed by atoms with Gasteiger partial charge in [-0.3, -0.25) is 0 Å². The predicted octanol–water partition coefficient (Wildman–Crippen LogP) is 1.52. The van der Waals surface area contributed by atoms with Crippen molar-refractivity contribution in [1.82, 2.24) is 0 Å². The number of hydrogen-bond acceptors (Lipinski definition) is 4. The molecule has 1 N–H and O–H groups in total. The average Bonchev–Trinajstić information content (AvgIpc) is 2.69. The van der Waals surface area contributed by atoms with Gasteiger partial charge < -0.3 is 9.84 Å². The van der Waals surface area contributed by atoms with E-state index < -0.39 is 21.9 Å². The third-order valence-electron chi connectivity index (χ3n) is 3.69. The molecule has 0 aromatic rings. The van der Waals surface area contributed by atoms with E-state index in [2.05, 4.69) is 12.6 Å². The van der Waals surface area contributed by atoms with E-state index in [1.807, 2.05) is 0 Å². The van der Waals surface area contributed by atoms with Gasteiger partial charge in [-0.1, -0.05) is 0 Å². The number of carbonyl (C=O) groups is 2. The van der Waals surface area contributed by atoms with Crippen molar-refractivity contribution in [2.24, 2.45) is 0 Å². The van der Waals surface area contributed by atoms with Crippen molar-refractivity contribution in [2.45, 2.75) is 44.1 Å². The molecule has 98 valence electrons. The van der Waals surface area contributed by atoms with Crippen LogP contribution in [0.1, 0.15) is 26.7 Å². The van der Waals surface area contributed by atoms with Crippen LogP contribution in [0.3, 0.4) is 0 Å². The second-order valence-corrected chi connectivity index (χ2v) is 5.15. The van der Waals surface area contributed by atoms with Crippen molar-refractivity contribution in [3.63, 3.8) is 0 Å². The molecule has 1 fully saturated rings. The number of carbonyl (C=O) groups excluding carboxylic acids is 1. The van der Waals surface area contributed by atoms with E-state index in [9.17, 15) is 14.7 Å². The third kappa shape index (κ3) is 2.34. The van der Waals surface area contributed by atoms with Gasteiger partial charge in [-0.2, -0.15) is 21.9 Å². The maximum absolute atomic E-state index is 12.4. The maximum atomic E-state index is 12.4. The first-order valence-corrected chi connectivity index (χ1v) is 6.26. The van der Waals surface area contributed by atoms with Gasteiger partial charge in [0.2, 0.25) is 0 Å². The zero-order valence-electron chi connectivity index (χ0n) is 10.4. The number of carboxylic acid groups (broad SMARTS) is 1. The smallest absolute Gasteiger partial charge is 0.435 e. The molecular weight excluding hydrogens is 242 g/mol. The number of amides is 2. The summed E-state index contributed by atoms with van der Waals surface area (Å²) in [6, 6.07) is -0.196. The first kappa shape index (κ1) is 14.5. The van der Waals surface area contributed by atoms with Crippen LogP contribution >= 0.6 is 12.6 Å². The Labute approximate surface area is 107 Å². The fourth-order valence-corrected chi connectivity index (χ4v) is 2.68. The first-order valence-electron chi connectivity index (χ1n) is 5.74. The number of imide groups is 1. The van der Waals surface area contributed by atoms with Crippen LogP contribution in [-0.4, -0.2) is 52.6 Å². The molecule has 3 unspecified atom stereocenters. The number of nitrogens with zero attached hydrogens (tertiary/aromatic N) is 1. The maximum Gasteiger partial charge on any atom is 0.521 e. The largest absolute Gasteiger partial charge is 0.521 e. The zero-order chi connectivity index (χ0) is 13.2. The molecule has 1 heterocycles. The number of likely N-dealkylation sites (tertiary alicyclic amines) is 1. The van der Waals surface area contributed by atoms with Crippen molar-refractivity contribution < 1.29 is 23.9 Å². The number of hydrogen-bond donors (Lipinski definition) is 2. The lowest BCUT2D eigenvalue weighted by Crippen LogP contribution is -2.62. The van der Waals surface area contributed by atoms with E-state index in [4.69, 9.17) is 4.74 Å². The van der Waals surface area contributed by atoms with Crippen LogP contribution < -0.4 is 0 Å². The Kier molecular flexibility index (Phi) is 4.57.